The van der Waals surface area contributed by atoms with Crippen LogP contribution in [0.2, 0.25) is 5.02 Å². The van der Waals surface area contributed by atoms with E-state index in [9.17, 15) is 4.79 Å². The van der Waals surface area contributed by atoms with Gasteiger partial charge in [-0.05, 0) is 56.3 Å². The number of benzene rings is 2. The van der Waals surface area contributed by atoms with Crippen LogP contribution in [-0.2, 0) is 11.3 Å². The summed E-state index contributed by atoms with van der Waals surface area (Å²) in [7, 11) is 1.63. The molecule has 0 saturated carbocycles. The van der Waals surface area contributed by atoms with Gasteiger partial charge < -0.3 is 14.6 Å². The molecule has 1 heterocycles. The Hall–Kier alpha value is -2.51. The third-order valence-corrected chi connectivity index (χ3v) is 5.44. The predicted octanol–water partition coefficient (Wildman–Crippen LogP) is 4.75. The Morgan fingerprint density at radius 1 is 1.25 bits per heavy atom. The number of aromatic nitrogens is 3. The fourth-order valence-electron chi connectivity index (χ4n) is 2.64. The van der Waals surface area contributed by atoms with Crippen molar-refractivity contribution in [3.63, 3.8) is 0 Å². The predicted molar refractivity (Wildman–Crippen MR) is 113 cm³/mol. The molecule has 3 aromatic rings. The minimum absolute atomic E-state index is 0.121. The Morgan fingerprint density at radius 2 is 2.00 bits per heavy atom. The number of hydrogen-bond acceptors (Lipinski definition) is 5. The molecule has 1 aromatic heterocycles. The molecule has 0 bridgehead atoms. The van der Waals surface area contributed by atoms with E-state index in [0.29, 0.717) is 22.4 Å². The van der Waals surface area contributed by atoms with E-state index in [4.69, 9.17) is 16.3 Å². The van der Waals surface area contributed by atoms with Crippen molar-refractivity contribution in [1.29, 1.82) is 0 Å². The van der Waals surface area contributed by atoms with E-state index >= 15 is 0 Å². The average molecular weight is 417 g/mol. The first kappa shape index (κ1) is 20.2. The van der Waals surface area contributed by atoms with Crippen molar-refractivity contribution in [1.82, 2.24) is 14.8 Å². The van der Waals surface area contributed by atoms with E-state index in [2.05, 4.69) is 15.5 Å². The smallest absolute Gasteiger partial charge is 0.237 e. The van der Waals surface area contributed by atoms with E-state index in [0.717, 1.165) is 17.1 Å². The molecule has 1 atom stereocenters. The number of rotatable bonds is 7. The molecule has 0 fully saturated rings. The summed E-state index contributed by atoms with van der Waals surface area (Å²) in [5.74, 6) is 1.42. The first-order chi connectivity index (χ1) is 13.5. The van der Waals surface area contributed by atoms with Crippen molar-refractivity contribution in [2.75, 3.05) is 12.4 Å². The van der Waals surface area contributed by atoms with Gasteiger partial charge in [-0.2, -0.15) is 0 Å². The number of methoxy groups -OCH3 is 1. The summed E-state index contributed by atoms with van der Waals surface area (Å²) in [5.41, 5.74) is 1.61. The van der Waals surface area contributed by atoms with Crippen molar-refractivity contribution in [3.05, 3.63) is 53.6 Å². The number of carbonyl (C=O) groups excluding carboxylic acids is 1. The standard InChI is InChI=1S/C20H21ClN4O2S/c1-4-25-18(14-8-10-17(27-3)11-9-14)23-24-20(25)28-13(2)19(26)22-16-7-5-6-15(21)12-16/h5-13H,4H2,1-3H3,(H,22,26)/t13-/m0/s1. The molecule has 0 saturated heterocycles. The van der Waals surface area contributed by atoms with Crippen LogP contribution in [0.5, 0.6) is 5.75 Å². The van der Waals surface area contributed by atoms with Crippen LogP contribution < -0.4 is 10.1 Å². The lowest BCUT2D eigenvalue weighted by molar-refractivity contribution is -0.115. The number of ether oxygens (including phenoxy) is 1. The molecule has 0 unspecified atom stereocenters. The molecule has 1 N–H and O–H groups in total. The van der Waals surface area contributed by atoms with Gasteiger partial charge in [0.15, 0.2) is 11.0 Å². The Balaban J connectivity index is 1.74. The van der Waals surface area contributed by atoms with E-state index < -0.39 is 0 Å². The molecule has 2 aromatic carbocycles. The maximum atomic E-state index is 12.5. The minimum atomic E-state index is -0.350. The van der Waals surface area contributed by atoms with Crippen LogP contribution in [0.15, 0.2) is 53.7 Å². The molecular formula is C20H21ClN4O2S. The lowest BCUT2D eigenvalue weighted by Gasteiger charge is -2.13. The second-order valence-corrected chi connectivity index (χ2v) is 7.78. The van der Waals surface area contributed by atoms with E-state index in [1.165, 1.54) is 11.8 Å². The fraction of sp³-hybridized carbons (Fsp3) is 0.250. The monoisotopic (exact) mass is 416 g/mol. The molecule has 0 aliphatic carbocycles. The van der Waals surface area contributed by atoms with Crippen LogP contribution >= 0.6 is 23.4 Å². The molecule has 3 rings (SSSR count). The first-order valence-corrected chi connectivity index (χ1v) is 10.1. The van der Waals surface area contributed by atoms with Crippen molar-refractivity contribution >= 4 is 35.0 Å². The molecule has 0 spiro atoms. The van der Waals surface area contributed by atoms with E-state index in [1.54, 1.807) is 31.4 Å². The zero-order valence-electron chi connectivity index (χ0n) is 15.8. The summed E-state index contributed by atoms with van der Waals surface area (Å²) in [6.07, 6.45) is 0. The Kier molecular flexibility index (Phi) is 6.59. The van der Waals surface area contributed by atoms with Crippen LogP contribution in [0.3, 0.4) is 0 Å². The summed E-state index contributed by atoms with van der Waals surface area (Å²) in [6, 6.07) is 14.7. The van der Waals surface area contributed by atoms with Gasteiger partial charge in [-0.1, -0.05) is 29.4 Å². The lowest BCUT2D eigenvalue weighted by Crippen LogP contribution is -2.22. The maximum Gasteiger partial charge on any atom is 0.237 e. The normalized spacial score (nSPS) is 11.9. The minimum Gasteiger partial charge on any atom is -0.497 e. The van der Waals surface area contributed by atoms with Crippen LogP contribution in [0.1, 0.15) is 13.8 Å². The van der Waals surface area contributed by atoms with Gasteiger partial charge in [-0.15, -0.1) is 10.2 Å². The Bertz CT molecular complexity index is 959. The number of thioether (sulfide) groups is 1. The number of anilines is 1. The number of amides is 1. The highest BCUT2D eigenvalue weighted by Crippen LogP contribution is 2.28. The second kappa shape index (κ2) is 9.12. The van der Waals surface area contributed by atoms with Gasteiger partial charge in [-0.25, -0.2) is 0 Å². The van der Waals surface area contributed by atoms with Crippen molar-refractivity contribution < 1.29 is 9.53 Å². The van der Waals surface area contributed by atoms with E-state index in [-0.39, 0.29) is 11.2 Å². The number of hydrogen-bond donors (Lipinski definition) is 1. The van der Waals surface area contributed by atoms with Gasteiger partial charge in [0, 0.05) is 22.8 Å². The quantitative estimate of drug-likeness (QED) is 0.563. The molecular weight excluding hydrogens is 396 g/mol. The number of halogens is 1. The van der Waals surface area contributed by atoms with Gasteiger partial charge in [0.1, 0.15) is 5.75 Å². The zero-order valence-corrected chi connectivity index (χ0v) is 17.4. The molecule has 0 aliphatic rings. The van der Waals surface area contributed by atoms with Gasteiger partial charge in [0.05, 0.1) is 12.4 Å². The highest BCUT2D eigenvalue weighted by molar-refractivity contribution is 8.00. The molecule has 0 aliphatic heterocycles. The van der Waals surface area contributed by atoms with Crippen molar-refractivity contribution in [3.8, 4) is 17.1 Å². The van der Waals surface area contributed by atoms with Crippen molar-refractivity contribution in [2.45, 2.75) is 30.8 Å². The Labute approximate surface area is 173 Å². The van der Waals surface area contributed by atoms with Gasteiger partial charge in [0.25, 0.3) is 0 Å². The number of nitrogens with zero attached hydrogens (tertiary/aromatic N) is 3. The third-order valence-electron chi connectivity index (χ3n) is 4.12. The third kappa shape index (κ3) is 4.66. The Morgan fingerprint density at radius 3 is 2.64 bits per heavy atom. The molecule has 146 valence electrons. The van der Waals surface area contributed by atoms with Crippen LogP contribution in [0.25, 0.3) is 11.4 Å². The molecule has 1 amide bonds. The highest BCUT2D eigenvalue weighted by Gasteiger charge is 2.20. The zero-order chi connectivity index (χ0) is 20.1. The molecule has 0 radical (unpaired) electrons. The maximum absolute atomic E-state index is 12.5. The SMILES string of the molecule is CCn1c(S[C@@H](C)C(=O)Nc2cccc(Cl)c2)nnc1-c1ccc(OC)cc1. The summed E-state index contributed by atoms with van der Waals surface area (Å²) in [4.78, 5) is 12.5. The number of nitrogens with one attached hydrogen (secondary N) is 1. The second-order valence-electron chi connectivity index (χ2n) is 6.04. The first-order valence-electron chi connectivity index (χ1n) is 8.82. The van der Waals surface area contributed by atoms with Crippen molar-refractivity contribution in [2.24, 2.45) is 0 Å². The molecule has 6 nitrogen and oxygen atoms in total. The summed E-state index contributed by atoms with van der Waals surface area (Å²) < 4.78 is 7.20. The van der Waals surface area contributed by atoms with Gasteiger partial charge in [0.2, 0.25) is 5.91 Å². The summed E-state index contributed by atoms with van der Waals surface area (Å²) in [6.45, 7) is 4.56. The summed E-state index contributed by atoms with van der Waals surface area (Å²) >= 11 is 7.34. The summed E-state index contributed by atoms with van der Waals surface area (Å²) in [5, 5.41) is 12.4. The molecule has 8 heteroatoms. The van der Waals surface area contributed by atoms with Crippen LogP contribution in [0.4, 0.5) is 5.69 Å². The van der Waals surface area contributed by atoms with Crippen LogP contribution in [-0.4, -0.2) is 33.0 Å². The lowest BCUT2D eigenvalue weighted by atomic mass is 10.2. The average Bonchev–Trinajstić information content (AvgIpc) is 3.10. The highest BCUT2D eigenvalue weighted by atomic mass is 35.5. The number of carbonyl (C=O) groups is 1. The fourth-order valence-corrected chi connectivity index (χ4v) is 3.74. The topological polar surface area (TPSA) is 69.0 Å². The van der Waals surface area contributed by atoms with Crippen LogP contribution in [0, 0.1) is 0 Å². The van der Waals surface area contributed by atoms with Gasteiger partial charge in [-0.3, -0.25) is 4.79 Å². The van der Waals surface area contributed by atoms with E-state index in [1.807, 2.05) is 42.7 Å². The largest absolute Gasteiger partial charge is 0.497 e. The molecule has 28 heavy (non-hydrogen) atoms. The van der Waals surface area contributed by atoms with Gasteiger partial charge >= 0.3 is 0 Å².